The second-order valence-electron chi connectivity index (χ2n) is 3.63. The third kappa shape index (κ3) is 3.14. The third-order valence-electron chi connectivity index (χ3n) is 2.30. The number of rotatable bonds is 3. The van der Waals surface area contributed by atoms with Crippen molar-refractivity contribution < 1.29 is 4.74 Å². The molecule has 1 aliphatic rings. The molecule has 0 spiro atoms. The van der Waals surface area contributed by atoms with Gasteiger partial charge in [0.2, 0.25) is 5.95 Å². The van der Waals surface area contributed by atoms with Crippen molar-refractivity contribution in [1.82, 2.24) is 15.3 Å². The molecule has 1 unspecified atom stereocenters. The van der Waals surface area contributed by atoms with Crippen LogP contribution in [0.3, 0.4) is 0 Å². The SMILES string of the molecule is Cc1ccnc(NCC2COCCN2)n1. The van der Waals surface area contributed by atoms with Crippen molar-refractivity contribution in [2.75, 3.05) is 31.6 Å². The minimum atomic E-state index is 0.350. The molecule has 2 rings (SSSR count). The number of aromatic nitrogens is 2. The van der Waals surface area contributed by atoms with Crippen LogP contribution in [-0.2, 0) is 4.74 Å². The molecule has 1 fully saturated rings. The van der Waals surface area contributed by atoms with Crippen LogP contribution in [-0.4, -0.2) is 42.3 Å². The Morgan fingerprint density at radius 3 is 3.33 bits per heavy atom. The average Bonchev–Trinajstić information content (AvgIpc) is 2.28. The first-order valence-corrected chi connectivity index (χ1v) is 5.19. The quantitative estimate of drug-likeness (QED) is 0.742. The van der Waals surface area contributed by atoms with Crippen LogP contribution in [0.5, 0.6) is 0 Å². The largest absolute Gasteiger partial charge is 0.378 e. The van der Waals surface area contributed by atoms with Gasteiger partial charge in [0.05, 0.1) is 13.2 Å². The molecule has 5 heteroatoms. The maximum atomic E-state index is 5.35. The van der Waals surface area contributed by atoms with E-state index in [2.05, 4.69) is 20.6 Å². The van der Waals surface area contributed by atoms with Crippen LogP contribution in [0, 0.1) is 6.92 Å². The van der Waals surface area contributed by atoms with Crippen molar-refractivity contribution in [3.05, 3.63) is 18.0 Å². The average molecular weight is 208 g/mol. The summed E-state index contributed by atoms with van der Waals surface area (Å²) in [5.41, 5.74) is 0.973. The lowest BCUT2D eigenvalue weighted by atomic mass is 10.3. The molecule has 1 aromatic heterocycles. The highest BCUT2D eigenvalue weighted by Crippen LogP contribution is 2.00. The zero-order chi connectivity index (χ0) is 10.5. The normalized spacial score (nSPS) is 21.3. The van der Waals surface area contributed by atoms with Crippen LogP contribution in [0.4, 0.5) is 5.95 Å². The Morgan fingerprint density at radius 1 is 1.67 bits per heavy atom. The molecule has 1 saturated heterocycles. The van der Waals surface area contributed by atoms with Crippen molar-refractivity contribution in [1.29, 1.82) is 0 Å². The fraction of sp³-hybridized carbons (Fsp3) is 0.600. The zero-order valence-corrected chi connectivity index (χ0v) is 8.86. The Labute approximate surface area is 89.3 Å². The number of hydrogen-bond acceptors (Lipinski definition) is 5. The predicted molar refractivity (Wildman–Crippen MR) is 57.9 cm³/mol. The summed E-state index contributed by atoms with van der Waals surface area (Å²) in [5, 5.41) is 6.55. The topological polar surface area (TPSA) is 59.1 Å². The minimum absolute atomic E-state index is 0.350. The van der Waals surface area contributed by atoms with E-state index in [1.54, 1.807) is 6.20 Å². The fourth-order valence-electron chi connectivity index (χ4n) is 1.50. The van der Waals surface area contributed by atoms with Gasteiger partial charge in [0.25, 0.3) is 0 Å². The minimum Gasteiger partial charge on any atom is -0.378 e. The first kappa shape index (κ1) is 10.3. The third-order valence-corrected chi connectivity index (χ3v) is 2.30. The van der Waals surface area contributed by atoms with E-state index >= 15 is 0 Å². The highest BCUT2D eigenvalue weighted by Gasteiger charge is 2.12. The van der Waals surface area contributed by atoms with E-state index in [9.17, 15) is 0 Å². The van der Waals surface area contributed by atoms with Crippen molar-refractivity contribution in [3.8, 4) is 0 Å². The summed E-state index contributed by atoms with van der Waals surface area (Å²) in [5.74, 6) is 0.683. The first-order valence-electron chi connectivity index (χ1n) is 5.19. The number of nitrogens with one attached hydrogen (secondary N) is 2. The molecule has 0 saturated carbocycles. The van der Waals surface area contributed by atoms with E-state index in [1.165, 1.54) is 0 Å². The van der Waals surface area contributed by atoms with Gasteiger partial charge in [-0.25, -0.2) is 9.97 Å². The summed E-state index contributed by atoms with van der Waals surface area (Å²) >= 11 is 0. The van der Waals surface area contributed by atoms with Crippen molar-refractivity contribution in [2.45, 2.75) is 13.0 Å². The second kappa shape index (κ2) is 5.04. The Balaban J connectivity index is 1.81. The molecule has 2 heterocycles. The Hall–Kier alpha value is -1.20. The maximum Gasteiger partial charge on any atom is 0.222 e. The Morgan fingerprint density at radius 2 is 2.60 bits per heavy atom. The first-order chi connectivity index (χ1) is 7.34. The standard InChI is InChI=1S/C10H16N4O/c1-8-2-3-12-10(14-8)13-6-9-7-15-5-4-11-9/h2-3,9,11H,4-7H2,1H3,(H,12,13,14). The van der Waals surface area contributed by atoms with Crippen LogP contribution >= 0.6 is 0 Å². The maximum absolute atomic E-state index is 5.35. The van der Waals surface area contributed by atoms with Gasteiger partial charge in [0, 0.05) is 31.0 Å². The number of aryl methyl sites for hydroxylation is 1. The molecule has 1 atom stereocenters. The van der Waals surface area contributed by atoms with Crippen LogP contribution in [0.15, 0.2) is 12.3 Å². The predicted octanol–water partition coefficient (Wildman–Crippen LogP) is 0.185. The molecule has 5 nitrogen and oxygen atoms in total. The van der Waals surface area contributed by atoms with Gasteiger partial charge < -0.3 is 15.4 Å². The number of anilines is 1. The molecule has 15 heavy (non-hydrogen) atoms. The van der Waals surface area contributed by atoms with Gasteiger partial charge in [-0.2, -0.15) is 0 Å². The van der Waals surface area contributed by atoms with E-state index < -0.39 is 0 Å². The number of nitrogens with zero attached hydrogens (tertiary/aromatic N) is 2. The molecule has 1 aliphatic heterocycles. The molecule has 2 N–H and O–H groups in total. The van der Waals surface area contributed by atoms with Crippen LogP contribution in [0.2, 0.25) is 0 Å². The lowest BCUT2D eigenvalue weighted by molar-refractivity contribution is 0.0806. The Kier molecular flexibility index (Phi) is 3.47. The van der Waals surface area contributed by atoms with Gasteiger partial charge in [-0.15, -0.1) is 0 Å². The molecule has 1 aromatic rings. The van der Waals surface area contributed by atoms with Crippen molar-refractivity contribution >= 4 is 5.95 Å². The lowest BCUT2D eigenvalue weighted by Crippen LogP contribution is -2.45. The van der Waals surface area contributed by atoms with E-state index in [1.807, 2.05) is 13.0 Å². The smallest absolute Gasteiger partial charge is 0.222 e. The summed E-state index contributed by atoms with van der Waals surface area (Å²) in [6.07, 6.45) is 1.76. The molecule has 0 aliphatic carbocycles. The van der Waals surface area contributed by atoms with Gasteiger partial charge >= 0.3 is 0 Å². The van der Waals surface area contributed by atoms with Crippen molar-refractivity contribution in [2.24, 2.45) is 0 Å². The summed E-state index contributed by atoms with van der Waals surface area (Å²) in [6, 6.07) is 2.23. The molecule has 0 bridgehead atoms. The number of hydrogen-bond donors (Lipinski definition) is 2. The molecule has 0 aromatic carbocycles. The highest BCUT2D eigenvalue weighted by molar-refractivity contribution is 5.24. The fourth-order valence-corrected chi connectivity index (χ4v) is 1.50. The number of morpholine rings is 1. The second-order valence-corrected chi connectivity index (χ2v) is 3.63. The van der Waals surface area contributed by atoms with Gasteiger partial charge in [0.15, 0.2) is 0 Å². The van der Waals surface area contributed by atoms with Gasteiger partial charge in [-0.3, -0.25) is 0 Å². The molecular formula is C10H16N4O. The molecular weight excluding hydrogens is 192 g/mol. The number of ether oxygens (including phenoxy) is 1. The monoisotopic (exact) mass is 208 g/mol. The summed E-state index contributed by atoms with van der Waals surface area (Å²) in [4.78, 5) is 8.40. The van der Waals surface area contributed by atoms with Crippen LogP contribution in [0.25, 0.3) is 0 Å². The summed E-state index contributed by atoms with van der Waals surface area (Å²) < 4.78 is 5.35. The molecule has 0 amide bonds. The van der Waals surface area contributed by atoms with Crippen LogP contribution in [0.1, 0.15) is 5.69 Å². The summed E-state index contributed by atoms with van der Waals surface area (Å²) in [6.45, 7) is 5.22. The molecule has 0 radical (unpaired) electrons. The zero-order valence-electron chi connectivity index (χ0n) is 8.86. The van der Waals surface area contributed by atoms with Crippen LogP contribution < -0.4 is 10.6 Å². The lowest BCUT2D eigenvalue weighted by Gasteiger charge is -2.23. The van der Waals surface area contributed by atoms with Gasteiger partial charge in [0.1, 0.15) is 0 Å². The Bertz CT molecular complexity index is 312. The van der Waals surface area contributed by atoms with E-state index in [4.69, 9.17) is 4.74 Å². The molecule has 82 valence electrons. The van der Waals surface area contributed by atoms with E-state index in [-0.39, 0.29) is 0 Å². The summed E-state index contributed by atoms with van der Waals surface area (Å²) in [7, 11) is 0. The van der Waals surface area contributed by atoms with E-state index in [0.29, 0.717) is 12.0 Å². The van der Waals surface area contributed by atoms with Crippen molar-refractivity contribution in [3.63, 3.8) is 0 Å². The van der Waals surface area contributed by atoms with Gasteiger partial charge in [-0.05, 0) is 13.0 Å². The highest BCUT2D eigenvalue weighted by atomic mass is 16.5. The van der Waals surface area contributed by atoms with E-state index in [0.717, 1.165) is 32.0 Å². The van der Waals surface area contributed by atoms with Gasteiger partial charge in [-0.1, -0.05) is 0 Å².